The molecule has 30 heavy (non-hydrogen) atoms. The molecule has 2 amide bonds. The van der Waals surface area contributed by atoms with Crippen LogP contribution in [0.15, 0.2) is 78.9 Å². The van der Waals surface area contributed by atoms with Crippen LogP contribution in [0.3, 0.4) is 0 Å². The summed E-state index contributed by atoms with van der Waals surface area (Å²) in [6.45, 7) is 1.75. The molecular formula is C26H21NO3. The van der Waals surface area contributed by atoms with Gasteiger partial charge in [0.15, 0.2) is 0 Å². The lowest BCUT2D eigenvalue weighted by atomic mass is 9.46. The molecule has 2 bridgehead atoms. The first-order valence-corrected chi connectivity index (χ1v) is 10.4. The molecule has 3 unspecified atom stereocenters. The van der Waals surface area contributed by atoms with Gasteiger partial charge in [0.2, 0.25) is 11.8 Å². The second kappa shape index (κ2) is 5.89. The Bertz CT molecular complexity index is 1150. The fraction of sp³-hybridized carbons (Fsp3) is 0.231. The van der Waals surface area contributed by atoms with E-state index in [0.29, 0.717) is 5.69 Å². The lowest BCUT2D eigenvalue weighted by molar-refractivity contribution is -0.126. The monoisotopic (exact) mass is 395 g/mol. The van der Waals surface area contributed by atoms with Crippen LogP contribution in [0.2, 0.25) is 0 Å². The maximum Gasteiger partial charge on any atom is 0.239 e. The Morgan fingerprint density at radius 2 is 1.33 bits per heavy atom. The maximum atomic E-state index is 13.9. The summed E-state index contributed by atoms with van der Waals surface area (Å²) in [6, 6.07) is 25.1. The Kier molecular flexibility index (Phi) is 3.46. The topological polar surface area (TPSA) is 57.6 Å². The van der Waals surface area contributed by atoms with Crippen molar-refractivity contribution in [2.24, 2.45) is 11.8 Å². The SMILES string of the molecule is CC(O)C12c3ccccc3C(c3ccccc31)C1C(=O)N(c3ccccc3)C(=O)C12. The van der Waals surface area contributed by atoms with E-state index < -0.39 is 23.4 Å². The third-order valence-electron chi connectivity index (χ3n) is 7.36. The van der Waals surface area contributed by atoms with Crippen molar-refractivity contribution < 1.29 is 14.7 Å². The van der Waals surface area contributed by atoms with E-state index in [0.717, 1.165) is 22.3 Å². The third-order valence-corrected chi connectivity index (χ3v) is 7.36. The highest BCUT2D eigenvalue weighted by molar-refractivity contribution is 6.23. The van der Waals surface area contributed by atoms with Crippen LogP contribution in [0, 0.1) is 11.8 Å². The number of aliphatic hydroxyl groups is 1. The van der Waals surface area contributed by atoms with Crippen LogP contribution in [-0.2, 0) is 15.0 Å². The van der Waals surface area contributed by atoms with Gasteiger partial charge in [0, 0.05) is 5.92 Å². The lowest BCUT2D eigenvalue weighted by Gasteiger charge is -2.55. The van der Waals surface area contributed by atoms with E-state index in [4.69, 9.17) is 0 Å². The smallest absolute Gasteiger partial charge is 0.239 e. The number of aliphatic hydroxyl groups excluding tert-OH is 1. The summed E-state index contributed by atoms with van der Waals surface area (Å²) in [6.07, 6.45) is -0.832. The number of carbonyl (C=O) groups is 2. The molecule has 4 nitrogen and oxygen atoms in total. The van der Waals surface area contributed by atoms with Crippen LogP contribution in [0.1, 0.15) is 35.1 Å². The average molecular weight is 395 g/mol. The highest BCUT2D eigenvalue weighted by atomic mass is 16.3. The van der Waals surface area contributed by atoms with E-state index in [1.807, 2.05) is 66.7 Å². The minimum atomic E-state index is -0.942. The highest BCUT2D eigenvalue weighted by Gasteiger charge is 2.69. The number of benzene rings is 3. The summed E-state index contributed by atoms with van der Waals surface area (Å²) in [5, 5.41) is 11.3. The molecule has 3 aromatic carbocycles. The van der Waals surface area contributed by atoms with Gasteiger partial charge in [-0.15, -0.1) is 0 Å². The molecule has 4 heteroatoms. The van der Waals surface area contributed by atoms with E-state index in [9.17, 15) is 14.7 Å². The van der Waals surface area contributed by atoms with Gasteiger partial charge in [-0.25, -0.2) is 4.90 Å². The number of anilines is 1. The number of carbonyl (C=O) groups excluding carboxylic acids is 2. The average Bonchev–Trinajstić information content (AvgIpc) is 3.05. The fourth-order valence-electron chi connectivity index (χ4n) is 6.37. The van der Waals surface area contributed by atoms with Crippen molar-refractivity contribution in [3.8, 4) is 0 Å². The molecule has 1 fully saturated rings. The molecule has 3 aliphatic carbocycles. The fourth-order valence-corrected chi connectivity index (χ4v) is 6.37. The predicted octanol–water partition coefficient (Wildman–Crippen LogP) is 3.62. The number of imide groups is 1. The normalized spacial score (nSPS) is 29.4. The van der Waals surface area contributed by atoms with Gasteiger partial charge >= 0.3 is 0 Å². The van der Waals surface area contributed by atoms with Crippen LogP contribution in [-0.4, -0.2) is 23.0 Å². The molecule has 3 aromatic rings. The second-order valence-electron chi connectivity index (χ2n) is 8.55. The second-order valence-corrected chi connectivity index (χ2v) is 8.55. The summed E-state index contributed by atoms with van der Waals surface area (Å²) in [7, 11) is 0. The van der Waals surface area contributed by atoms with E-state index in [-0.39, 0.29) is 17.7 Å². The summed E-state index contributed by atoms with van der Waals surface area (Å²) in [5.74, 6) is -1.72. The minimum absolute atomic E-state index is 0.171. The molecule has 1 heterocycles. The largest absolute Gasteiger partial charge is 0.392 e. The number of rotatable bonds is 2. The van der Waals surface area contributed by atoms with Gasteiger partial charge in [-0.2, -0.15) is 0 Å². The van der Waals surface area contributed by atoms with Gasteiger partial charge in [-0.05, 0) is 41.3 Å². The van der Waals surface area contributed by atoms with Gasteiger partial charge < -0.3 is 5.11 Å². The number of hydrogen-bond acceptors (Lipinski definition) is 3. The van der Waals surface area contributed by atoms with Crippen LogP contribution in [0.5, 0.6) is 0 Å². The van der Waals surface area contributed by atoms with Gasteiger partial charge in [-0.3, -0.25) is 9.59 Å². The number of amides is 2. The molecule has 4 aliphatic rings. The molecule has 3 atom stereocenters. The van der Waals surface area contributed by atoms with E-state index in [1.54, 1.807) is 19.1 Å². The van der Waals surface area contributed by atoms with Crippen molar-refractivity contribution >= 4 is 17.5 Å². The Balaban J connectivity index is 1.69. The van der Waals surface area contributed by atoms with E-state index in [1.165, 1.54) is 4.90 Å². The summed E-state index contributed by atoms with van der Waals surface area (Å²) in [4.78, 5) is 29.0. The van der Waals surface area contributed by atoms with Crippen molar-refractivity contribution in [1.82, 2.24) is 0 Å². The Hall–Kier alpha value is -3.24. The van der Waals surface area contributed by atoms with Crippen molar-refractivity contribution in [2.75, 3.05) is 4.90 Å². The van der Waals surface area contributed by atoms with Gasteiger partial charge in [0.1, 0.15) is 0 Å². The molecular weight excluding hydrogens is 374 g/mol. The number of para-hydroxylation sites is 1. The van der Waals surface area contributed by atoms with Crippen molar-refractivity contribution in [2.45, 2.75) is 24.4 Å². The lowest BCUT2D eigenvalue weighted by Crippen LogP contribution is -2.58. The molecule has 0 aromatic heterocycles. The molecule has 1 aliphatic heterocycles. The molecule has 148 valence electrons. The summed E-state index contributed by atoms with van der Waals surface area (Å²) >= 11 is 0. The Morgan fingerprint density at radius 3 is 1.90 bits per heavy atom. The predicted molar refractivity (Wildman–Crippen MR) is 113 cm³/mol. The molecule has 1 saturated heterocycles. The Labute approximate surface area is 174 Å². The van der Waals surface area contributed by atoms with Gasteiger partial charge in [0.05, 0.1) is 29.0 Å². The first kappa shape index (κ1) is 17.6. The van der Waals surface area contributed by atoms with Crippen LogP contribution in [0.4, 0.5) is 5.69 Å². The quantitative estimate of drug-likeness (QED) is 0.675. The van der Waals surface area contributed by atoms with Crippen LogP contribution in [0.25, 0.3) is 0 Å². The van der Waals surface area contributed by atoms with Crippen molar-refractivity contribution in [3.05, 3.63) is 101 Å². The van der Waals surface area contributed by atoms with Crippen molar-refractivity contribution in [3.63, 3.8) is 0 Å². The minimum Gasteiger partial charge on any atom is -0.392 e. The van der Waals surface area contributed by atoms with E-state index >= 15 is 0 Å². The molecule has 0 spiro atoms. The first-order valence-electron chi connectivity index (χ1n) is 10.4. The van der Waals surface area contributed by atoms with Gasteiger partial charge in [-0.1, -0.05) is 66.7 Å². The zero-order chi connectivity index (χ0) is 20.6. The summed E-state index contributed by atoms with van der Waals surface area (Å²) in [5.41, 5.74) is 3.70. The highest BCUT2D eigenvalue weighted by Crippen LogP contribution is 2.65. The van der Waals surface area contributed by atoms with Gasteiger partial charge in [0.25, 0.3) is 0 Å². The van der Waals surface area contributed by atoms with Crippen LogP contribution < -0.4 is 4.90 Å². The third kappa shape index (κ3) is 1.86. The van der Waals surface area contributed by atoms with Crippen LogP contribution >= 0.6 is 0 Å². The van der Waals surface area contributed by atoms with Crippen molar-refractivity contribution in [1.29, 1.82) is 0 Å². The number of nitrogens with zero attached hydrogens (tertiary/aromatic N) is 1. The zero-order valence-electron chi connectivity index (χ0n) is 16.5. The Morgan fingerprint density at radius 1 is 0.800 bits per heavy atom. The molecule has 0 saturated carbocycles. The standard InChI is InChI=1S/C26H21NO3/c1-15(28)26-19-13-7-5-11-17(19)21(18-12-6-8-14-20(18)26)22-23(26)25(30)27(24(22)29)16-9-3-2-4-10-16/h2-15,21-23,28H,1H3. The first-order chi connectivity index (χ1) is 14.6. The van der Waals surface area contributed by atoms with E-state index in [2.05, 4.69) is 0 Å². The maximum absolute atomic E-state index is 13.9. The molecule has 7 rings (SSSR count). The molecule has 1 N–H and O–H groups in total. The molecule has 0 radical (unpaired) electrons. The summed E-state index contributed by atoms with van der Waals surface area (Å²) < 4.78 is 0. The zero-order valence-corrected chi connectivity index (χ0v) is 16.5. The number of hydrogen-bond donors (Lipinski definition) is 1.